The second-order valence-electron chi connectivity index (χ2n) is 6.76. The molecule has 0 bridgehead atoms. The van der Waals surface area contributed by atoms with Crippen LogP contribution in [0.1, 0.15) is 23.2 Å². The summed E-state index contributed by atoms with van der Waals surface area (Å²) >= 11 is 6.03. The Bertz CT molecular complexity index is 1180. The number of aryl methyl sites for hydroxylation is 1. The third-order valence-corrected chi connectivity index (χ3v) is 4.92. The summed E-state index contributed by atoms with van der Waals surface area (Å²) < 4.78 is 1.90. The number of benzene rings is 2. The van der Waals surface area contributed by atoms with E-state index >= 15 is 0 Å². The van der Waals surface area contributed by atoms with Crippen LogP contribution < -0.4 is 10.6 Å². The molecular formula is C20H21ClN6O2. The topological polar surface area (TPSA) is 108 Å². The van der Waals surface area contributed by atoms with Gasteiger partial charge in [0.25, 0.3) is 5.91 Å². The average molecular weight is 413 g/mol. The third kappa shape index (κ3) is 4.03. The summed E-state index contributed by atoms with van der Waals surface area (Å²) in [6.07, 6.45) is 1.41. The van der Waals surface area contributed by atoms with Gasteiger partial charge >= 0.3 is 0 Å². The predicted octanol–water partition coefficient (Wildman–Crippen LogP) is 3.35. The first-order valence-corrected chi connectivity index (χ1v) is 9.71. The Kier molecular flexibility index (Phi) is 5.37. The first-order valence-electron chi connectivity index (χ1n) is 9.33. The molecule has 1 amide bonds. The molecule has 0 aliphatic rings. The van der Waals surface area contributed by atoms with E-state index in [2.05, 4.69) is 25.6 Å². The third-order valence-electron chi connectivity index (χ3n) is 4.69. The number of carbonyl (C=O) groups is 1. The highest BCUT2D eigenvalue weighted by atomic mass is 35.5. The number of aliphatic hydroxyl groups excluding tert-OH is 1. The van der Waals surface area contributed by atoms with Gasteiger partial charge in [0.05, 0.1) is 22.1 Å². The molecule has 4 N–H and O–H groups in total. The lowest BCUT2D eigenvalue weighted by atomic mass is 10.2. The minimum absolute atomic E-state index is 0.129. The summed E-state index contributed by atoms with van der Waals surface area (Å²) in [4.78, 5) is 24.6. The lowest BCUT2D eigenvalue weighted by molar-refractivity contribution is 0.0952. The number of aromatic amines is 1. The monoisotopic (exact) mass is 412 g/mol. The Morgan fingerprint density at radius 2 is 2.03 bits per heavy atom. The van der Waals surface area contributed by atoms with Crippen LogP contribution >= 0.6 is 11.6 Å². The second-order valence-corrected chi connectivity index (χ2v) is 7.19. The molecule has 2 aromatic carbocycles. The van der Waals surface area contributed by atoms with E-state index in [0.29, 0.717) is 41.0 Å². The molecule has 0 spiro atoms. The summed E-state index contributed by atoms with van der Waals surface area (Å²) in [6, 6.07) is 10.9. The Balaban J connectivity index is 1.55. The summed E-state index contributed by atoms with van der Waals surface area (Å²) in [5.41, 5.74) is 3.78. The lowest BCUT2D eigenvalue weighted by Crippen LogP contribution is -2.24. The van der Waals surface area contributed by atoms with E-state index in [4.69, 9.17) is 16.7 Å². The highest BCUT2D eigenvalue weighted by Gasteiger charge is 2.13. The quantitative estimate of drug-likeness (QED) is 0.348. The van der Waals surface area contributed by atoms with Gasteiger partial charge in [-0.3, -0.25) is 10.1 Å². The number of nitrogens with zero attached hydrogens (tertiary/aromatic N) is 3. The molecule has 4 aromatic rings. The van der Waals surface area contributed by atoms with Gasteiger partial charge in [-0.2, -0.15) is 0 Å². The van der Waals surface area contributed by atoms with Crippen LogP contribution in [0.15, 0.2) is 36.4 Å². The summed E-state index contributed by atoms with van der Waals surface area (Å²) in [7, 11) is 1.89. The number of aromatic nitrogens is 4. The van der Waals surface area contributed by atoms with Gasteiger partial charge in [-0.25, -0.2) is 9.97 Å². The number of anilines is 2. The highest BCUT2D eigenvalue weighted by molar-refractivity contribution is 6.31. The van der Waals surface area contributed by atoms with E-state index in [0.717, 1.165) is 23.0 Å². The molecule has 9 heteroatoms. The Hall–Kier alpha value is -3.10. The van der Waals surface area contributed by atoms with Crippen LogP contribution in [0.25, 0.3) is 22.1 Å². The number of unbranched alkanes of at least 4 members (excludes halogenated alkanes) is 1. The van der Waals surface area contributed by atoms with E-state index in [-0.39, 0.29) is 12.5 Å². The highest BCUT2D eigenvalue weighted by Crippen LogP contribution is 2.24. The number of amides is 1. The van der Waals surface area contributed by atoms with Crippen molar-refractivity contribution in [2.75, 3.05) is 18.5 Å². The van der Waals surface area contributed by atoms with Gasteiger partial charge in [0.15, 0.2) is 0 Å². The molecule has 8 nitrogen and oxygen atoms in total. The fraction of sp³-hybridized carbons (Fsp3) is 0.250. The molecule has 0 saturated carbocycles. The minimum atomic E-state index is -0.154. The van der Waals surface area contributed by atoms with E-state index < -0.39 is 0 Å². The molecule has 150 valence electrons. The molecule has 2 aromatic heterocycles. The van der Waals surface area contributed by atoms with Gasteiger partial charge in [-0.05, 0) is 49.2 Å². The van der Waals surface area contributed by atoms with Crippen LogP contribution in [-0.4, -0.2) is 43.7 Å². The zero-order valence-corrected chi connectivity index (χ0v) is 16.6. The Morgan fingerprint density at radius 1 is 1.17 bits per heavy atom. The van der Waals surface area contributed by atoms with Crippen LogP contribution in [0.2, 0.25) is 5.02 Å². The van der Waals surface area contributed by atoms with Crippen molar-refractivity contribution in [3.05, 3.63) is 47.0 Å². The fourth-order valence-electron chi connectivity index (χ4n) is 3.14. The van der Waals surface area contributed by atoms with Crippen molar-refractivity contribution < 1.29 is 9.90 Å². The van der Waals surface area contributed by atoms with Crippen molar-refractivity contribution >= 4 is 51.5 Å². The van der Waals surface area contributed by atoms with Crippen LogP contribution in [0.4, 0.5) is 11.9 Å². The van der Waals surface area contributed by atoms with Crippen molar-refractivity contribution in [3.63, 3.8) is 0 Å². The molecular weight excluding hydrogens is 392 g/mol. The molecule has 0 saturated heterocycles. The van der Waals surface area contributed by atoms with Crippen molar-refractivity contribution in [2.24, 2.45) is 7.05 Å². The number of H-pyrrole nitrogens is 1. The largest absolute Gasteiger partial charge is 0.396 e. The summed E-state index contributed by atoms with van der Waals surface area (Å²) in [6.45, 7) is 0.659. The molecule has 0 radical (unpaired) electrons. The second kappa shape index (κ2) is 8.10. The number of halogens is 1. The number of fused-ring (bicyclic) bond motifs is 2. The maximum Gasteiger partial charge on any atom is 0.251 e. The number of hydrogen-bond acceptors (Lipinski definition) is 5. The molecule has 0 fully saturated rings. The first kappa shape index (κ1) is 19.2. The summed E-state index contributed by atoms with van der Waals surface area (Å²) in [5.74, 6) is 1.01. The molecule has 2 heterocycles. The van der Waals surface area contributed by atoms with Gasteiger partial charge in [0, 0.05) is 30.8 Å². The molecule has 0 aliphatic carbocycles. The van der Waals surface area contributed by atoms with E-state index in [1.54, 1.807) is 18.2 Å². The average Bonchev–Trinajstić information content (AvgIpc) is 3.25. The number of aliphatic hydroxyl groups is 1. The molecule has 0 unspecified atom stereocenters. The van der Waals surface area contributed by atoms with Crippen LogP contribution in [0.5, 0.6) is 0 Å². The van der Waals surface area contributed by atoms with Gasteiger partial charge in [0.1, 0.15) is 0 Å². The summed E-state index contributed by atoms with van der Waals surface area (Å²) in [5, 5.41) is 15.5. The Morgan fingerprint density at radius 3 is 2.86 bits per heavy atom. The Labute approximate surface area is 171 Å². The zero-order chi connectivity index (χ0) is 20.4. The van der Waals surface area contributed by atoms with E-state index in [1.165, 1.54) is 0 Å². The van der Waals surface area contributed by atoms with Gasteiger partial charge < -0.3 is 20.0 Å². The standard InChI is InChI=1S/C20H21ClN6O2/c1-27-17-7-4-12(18(29)22-8-2-3-9-28)10-16(17)25-20(27)26-19-23-14-6-5-13(21)11-15(14)24-19/h4-7,10-11,28H,2-3,8-9H2,1H3,(H,22,29)(H2,23,24,25,26). The lowest BCUT2D eigenvalue weighted by Gasteiger charge is -2.05. The number of imidazole rings is 2. The normalized spacial score (nSPS) is 11.3. The molecule has 4 rings (SSSR count). The van der Waals surface area contributed by atoms with Crippen molar-refractivity contribution in [3.8, 4) is 0 Å². The van der Waals surface area contributed by atoms with Gasteiger partial charge in [-0.15, -0.1) is 0 Å². The van der Waals surface area contributed by atoms with E-state index in [9.17, 15) is 4.79 Å². The smallest absolute Gasteiger partial charge is 0.251 e. The predicted molar refractivity (Wildman–Crippen MR) is 114 cm³/mol. The van der Waals surface area contributed by atoms with Gasteiger partial charge in [-0.1, -0.05) is 11.6 Å². The molecule has 0 atom stereocenters. The number of nitrogens with one attached hydrogen (secondary N) is 3. The van der Waals surface area contributed by atoms with E-state index in [1.807, 2.05) is 29.8 Å². The molecule has 0 aliphatic heterocycles. The fourth-order valence-corrected chi connectivity index (χ4v) is 3.31. The van der Waals surface area contributed by atoms with Crippen LogP contribution in [0.3, 0.4) is 0 Å². The SMILES string of the molecule is Cn1c(Nc2nc3ccc(Cl)cc3[nH]2)nc2cc(C(=O)NCCCCO)ccc21. The van der Waals surface area contributed by atoms with Crippen molar-refractivity contribution in [1.82, 2.24) is 24.8 Å². The van der Waals surface area contributed by atoms with Crippen LogP contribution in [0, 0.1) is 0 Å². The van der Waals surface area contributed by atoms with Crippen molar-refractivity contribution in [1.29, 1.82) is 0 Å². The number of carbonyl (C=O) groups excluding carboxylic acids is 1. The van der Waals surface area contributed by atoms with Crippen molar-refractivity contribution in [2.45, 2.75) is 12.8 Å². The first-order chi connectivity index (χ1) is 14.0. The maximum absolute atomic E-state index is 12.3. The number of hydrogen-bond donors (Lipinski definition) is 4. The number of rotatable bonds is 7. The van der Waals surface area contributed by atoms with Gasteiger partial charge in [0.2, 0.25) is 11.9 Å². The van der Waals surface area contributed by atoms with Crippen LogP contribution in [-0.2, 0) is 7.05 Å². The molecule has 29 heavy (non-hydrogen) atoms. The maximum atomic E-state index is 12.3. The minimum Gasteiger partial charge on any atom is -0.396 e. The zero-order valence-electron chi connectivity index (χ0n) is 15.9.